The number of ether oxygens (including phenoxy) is 1. The zero-order valence-electron chi connectivity index (χ0n) is 22.3. The summed E-state index contributed by atoms with van der Waals surface area (Å²) >= 11 is 5.81. The second-order valence-corrected chi connectivity index (χ2v) is 11.7. The molecule has 0 unspecified atom stereocenters. The molecule has 0 saturated heterocycles. The Labute approximate surface area is 244 Å². The van der Waals surface area contributed by atoms with E-state index in [0.717, 1.165) is 11.1 Å². The van der Waals surface area contributed by atoms with Crippen LogP contribution in [0.3, 0.4) is 0 Å². The number of nitrogens with zero attached hydrogens (tertiary/aromatic N) is 1. The van der Waals surface area contributed by atoms with Gasteiger partial charge in [-0.15, -0.1) is 0 Å². The molecule has 0 fully saturated rings. The lowest BCUT2D eigenvalue weighted by atomic mass is 10.1. The van der Waals surface area contributed by atoms with E-state index in [0.29, 0.717) is 29.2 Å². The number of carbonyl (C=O) groups is 1. The molecule has 0 atom stereocenters. The molecule has 0 bridgehead atoms. The van der Waals surface area contributed by atoms with Crippen LogP contribution in [0, 0.1) is 0 Å². The summed E-state index contributed by atoms with van der Waals surface area (Å²) in [6, 6.07) is 29.6. The van der Waals surface area contributed by atoms with Crippen LogP contribution in [0.1, 0.15) is 22.3 Å². The molecule has 9 heteroatoms. The summed E-state index contributed by atoms with van der Waals surface area (Å²) in [6.45, 7) is 0. The highest BCUT2D eigenvalue weighted by molar-refractivity contribution is 7.91. The lowest BCUT2D eigenvalue weighted by Crippen LogP contribution is -2.12. The van der Waals surface area contributed by atoms with Crippen molar-refractivity contribution in [3.8, 4) is 11.5 Å². The van der Waals surface area contributed by atoms with Crippen molar-refractivity contribution < 1.29 is 23.1 Å². The number of hydrogen-bond donors (Lipinski definition) is 2. The molecule has 1 amide bonds. The molecule has 41 heavy (non-hydrogen) atoms. The summed E-state index contributed by atoms with van der Waals surface area (Å²) in [4.78, 5) is 16.9. The number of para-hydroxylation sites is 1. The molecule has 4 aromatic carbocycles. The molecule has 1 heterocycles. The number of phenols is 1. The molecule has 5 rings (SSSR count). The Hall–Kier alpha value is -4.40. The summed E-state index contributed by atoms with van der Waals surface area (Å²) in [6.07, 6.45) is 2.67. The lowest BCUT2D eigenvalue weighted by molar-refractivity contribution is 0.102. The predicted octanol–water partition coefficient (Wildman–Crippen LogP) is 6.95. The van der Waals surface area contributed by atoms with E-state index in [2.05, 4.69) is 22.4 Å². The molecule has 5 aromatic rings. The molecule has 0 aliphatic heterocycles. The number of phenolic OH excluding ortho intramolecular Hbond substituents is 1. The van der Waals surface area contributed by atoms with E-state index >= 15 is 0 Å². The van der Waals surface area contributed by atoms with E-state index in [1.54, 1.807) is 55.6 Å². The highest BCUT2D eigenvalue weighted by Crippen LogP contribution is 2.26. The molecule has 210 valence electrons. The Bertz CT molecular complexity index is 1660. The van der Waals surface area contributed by atoms with Gasteiger partial charge in [0.15, 0.2) is 9.84 Å². The fourth-order valence-electron chi connectivity index (χ4n) is 4.02. The van der Waals surface area contributed by atoms with Crippen LogP contribution in [0.15, 0.2) is 114 Å². The van der Waals surface area contributed by atoms with E-state index < -0.39 is 9.84 Å². The number of carbonyl (C=O) groups excluding carboxylic acids is 1. The SMILES string of the molecule is COc1ccc(C(=O)Nc2cc(CCCS(=O)(=O)c3ccc(Cl)cc3)ccc2O)cc1.c1ccc2ncccc2c1. The number of rotatable bonds is 8. The van der Waals surface area contributed by atoms with Gasteiger partial charge < -0.3 is 15.2 Å². The van der Waals surface area contributed by atoms with Gasteiger partial charge in [-0.25, -0.2) is 8.42 Å². The first-order valence-electron chi connectivity index (χ1n) is 12.8. The molecule has 7 nitrogen and oxygen atoms in total. The fraction of sp³-hybridized carbons (Fsp3) is 0.125. The smallest absolute Gasteiger partial charge is 0.255 e. The highest BCUT2D eigenvalue weighted by atomic mass is 35.5. The van der Waals surface area contributed by atoms with E-state index in [-0.39, 0.29) is 28.0 Å². The Morgan fingerprint density at radius 1 is 0.927 bits per heavy atom. The maximum Gasteiger partial charge on any atom is 0.255 e. The minimum atomic E-state index is -3.41. The number of benzene rings is 4. The number of amides is 1. The van der Waals surface area contributed by atoms with Crippen molar-refractivity contribution in [2.24, 2.45) is 0 Å². The van der Waals surface area contributed by atoms with Crippen molar-refractivity contribution in [1.82, 2.24) is 4.98 Å². The summed E-state index contributed by atoms with van der Waals surface area (Å²) in [5, 5.41) is 14.5. The first-order valence-corrected chi connectivity index (χ1v) is 14.8. The summed E-state index contributed by atoms with van der Waals surface area (Å²) in [5.41, 5.74) is 2.54. The molecule has 0 radical (unpaired) electrons. The van der Waals surface area contributed by atoms with E-state index in [1.807, 2.05) is 30.5 Å². The minimum absolute atomic E-state index is 0.0248. The largest absolute Gasteiger partial charge is 0.506 e. The van der Waals surface area contributed by atoms with E-state index in [4.69, 9.17) is 16.3 Å². The van der Waals surface area contributed by atoms with Gasteiger partial charge in [0.05, 0.1) is 29.0 Å². The molecule has 0 spiro atoms. The third-order valence-electron chi connectivity index (χ3n) is 6.22. The molecule has 0 saturated carbocycles. The number of aromatic hydroxyl groups is 1. The van der Waals surface area contributed by atoms with Crippen molar-refractivity contribution in [3.05, 3.63) is 125 Å². The zero-order chi connectivity index (χ0) is 29.2. The molecule has 2 N–H and O–H groups in total. The van der Waals surface area contributed by atoms with Gasteiger partial charge in [0.2, 0.25) is 0 Å². The summed E-state index contributed by atoms with van der Waals surface area (Å²) < 4.78 is 30.0. The predicted molar refractivity (Wildman–Crippen MR) is 163 cm³/mol. The average molecular weight is 589 g/mol. The third-order valence-corrected chi connectivity index (χ3v) is 8.29. The van der Waals surface area contributed by atoms with Gasteiger partial charge in [-0.2, -0.15) is 0 Å². The molecule has 0 aliphatic rings. The van der Waals surface area contributed by atoms with Gasteiger partial charge in [0.25, 0.3) is 5.91 Å². The van der Waals surface area contributed by atoms with Crippen molar-refractivity contribution in [2.45, 2.75) is 17.7 Å². The number of sulfone groups is 1. The minimum Gasteiger partial charge on any atom is -0.506 e. The number of nitrogens with one attached hydrogen (secondary N) is 1. The summed E-state index contributed by atoms with van der Waals surface area (Å²) in [5.74, 6) is 0.165. The van der Waals surface area contributed by atoms with Crippen LogP contribution in [-0.4, -0.2) is 37.3 Å². The van der Waals surface area contributed by atoms with Crippen molar-refractivity contribution in [2.75, 3.05) is 18.2 Å². The van der Waals surface area contributed by atoms with E-state index in [9.17, 15) is 18.3 Å². The zero-order valence-corrected chi connectivity index (χ0v) is 23.9. The van der Waals surface area contributed by atoms with Gasteiger partial charge in [-0.05, 0) is 91.2 Å². The standard InChI is InChI=1S/C23H22ClNO5S.C9H7N/c1-30-19-9-5-17(6-10-19)23(27)25-21-15-16(4-13-22(21)26)3-2-14-31(28,29)20-11-7-18(24)8-12-20;1-2-6-9-8(4-1)5-3-7-10-9/h4-13,15,26H,2-3,14H2,1H3,(H,25,27);1-7H. The fourth-order valence-corrected chi connectivity index (χ4v) is 5.45. The molecular formula is C32H29ClN2O5S. The van der Waals surface area contributed by atoms with Crippen LogP contribution >= 0.6 is 11.6 Å². The van der Waals surface area contributed by atoms with Crippen LogP contribution in [-0.2, 0) is 16.3 Å². The van der Waals surface area contributed by atoms with E-state index in [1.165, 1.54) is 23.6 Å². The monoisotopic (exact) mass is 588 g/mol. The normalized spacial score (nSPS) is 10.9. The van der Waals surface area contributed by atoms with Crippen molar-refractivity contribution in [3.63, 3.8) is 0 Å². The van der Waals surface area contributed by atoms with Gasteiger partial charge in [-0.1, -0.05) is 41.9 Å². The maximum atomic E-state index is 12.5. The highest BCUT2D eigenvalue weighted by Gasteiger charge is 2.15. The number of aryl methyl sites for hydroxylation is 1. The number of aromatic nitrogens is 1. The van der Waals surface area contributed by atoms with Crippen LogP contribution in [0.5, 0.6) is 11.5 Å². The van der Waals surface area contributed by atoms with Crippen molar-refractivity contribution in [1.29, 1.82) is 0 Å². The average Bonchev–Trinajstić information content (AvgIpc) is 2.99. The lowest BCUT2D eigenvalue weighted by Gasteiger charge is -2.10. The number of fused-ring (bicyclic) bond motifs is 1. The Morgan fingerprint density at radius 2 is 1.63 bits per heavy atom. The number of hydrogen-bond acceptors (Lipinski definition) is 6. The third kappa shape index (κ3) is 8.30. The van der Waals surface area contributed by atoms with Crippen LogP contribution in [0.2, 0.25) is 5.02 Å². The van der Waals surface area contributed by atoms with Gasteiger partial charge in [0.1, 0.15) is 11.5 Å². The number of anilines is 1. The molecular weight excluding hydrogens is 560 g/mol. The Morgan fingerprint density at radius 3 is 2.34 bits per heavy atom. The first-order chi connectivity index (χ1) is 19.7. The number of pyridine rings is 1. The number of halogens is 1. The quantitative estimate of drug-likeness (QED) is 0.190. The first kappa shape index (κ1) is 29.6. The van der Waals surface area contributed by atoms with Crippen molar-refractivity contribution >= 4 is 43.9 Å². The van der Waals surface area contributed by atoms with Crippen LogP contribution < -0.4 is 10.1 Å². The number of methoxy groups -OCH3 is 1. The topological polar surface area (TPSA) is 106 Å². The van der Waals surface area contributed by atoms with Gasteiger partial charge in [-0.3, -0.25) is 9.78 Å². The van der Waals surface area contributed by atoms with Gasteiger partial charge >= 0.3 is 0 Å². The van der Waals surface area contributed by atoms with Crippen LogP contribution in [0.4, 0.5) is 5.69 Å². The van der Waals surface area contributed by atoms with Gasteiger partial charge in [0, 0.05) is 22.2 Å². The summed E-state index contributed by atoms with van der Waals surface area (Å²) in [7, 11) is -1.87. The maximum absolute atomic E-state index is 12.5. The Balaban J connectivity index is 0.000000322. The Kier molecular flexibility index (Phi) is 9.95. The van der Waals surface area contributed by atoms with Crippen LogP contribution in [0.25, 0.3) is 10.9 Å². The second-order valence-electron chi connectivity index (χ2n) is 9.11. The molecule has 1 aromatic heterocycles. The molecule has 0 aliphatic carbocycles. The second kappa shape index (κ2) is 13.8.